The lowest BCUT2D eigenvalue weighted by Gasteiger charge is -2.33. The van der Waals surface area contributed by atoms with Crippen LogP contribution in [0.15, 0.2) is 24.3 Å². The molecule has 1 aromatic rings. The zero-order valence-corrected chi connectivity index (χ0v) is 11.8. The number of aliphatic hydroxyl groups is 1. The lowest BCUT2D eigenvalue weighted by Crippen LogP contribution is -2.49. The SMILES string of the molecule is Cc1ccccc1NC(=O)C(=O)N1CCC(C)C(O)C1. The second-order valence-corrected chi connectivity index (χ2v) is 5.35. The van der Waals surface area contributed by atoms with Gasteiger partial charge in [0.2, 0.25) is 0 Å². The smallest absolute Gasteiger partial charge is 0.313 e. The molecule has 2 N–H and O–H groups in total. The number of aliphatic hydroxyl groups excluding tert-OH is 1. The third kappa shape index (κ3) is 3.17. The summed E-state index contributed by atoms with van der Waals surface area (Å²) < 4.78 is 0. The fourth-order valence-electron chi connectivity index (χ4n) is 2.27. The van der Waals surface area contributed by atoms with Gasteiger partial charge in [-0.05, 0) is 30.9 Å². The summed E-state index contributed by atoms with van der Waals surface area (Å²) in [6, 6.07) is 7.30. The van der Waals surface area contributed by atoms with Crippen LogP contribution in [0.3, 0.4) is 0 Å². The molecule has 1 aliphatic rings. The molecule has 0 bridgehead atoms. The highest BCUT2D eigenvalue weighted by Gasteiger charge is 2.30. The van der Waals surface area contributed by atoms with Gasteiger partial charge in [-0.25, -0.2) is 0 Å². The van der Waals surface area contributed by atoms with Crippen LogP contribution in [-0.2, 0) is 9.59 Å². The summed E-state index contributed by atoms with van der Waals surface area (Å²) in [7, 11) is 0. The molecule has 2 atom stereocenters. The fraction of sp³-hybridized carbons (Fsp3) is 0.467. The van der Waals surface area contributed by atoms with Crippen molar-refractivity contribution in [3.05, 3.63) is 29.8 Å². The van der Waals surface area contributed by atoms with Gasteiger partial charge < -0.3 is 15.3 Å². The average Bonchev–Trinajstić information content (AvgIpc) is 2.43. The van der Waals surface area contributed by atoms with Crippen LogP contribution in [0.4, 0.5) is 5.69 Å². The van der Waals surface area contributed by atoms with Gasteiger partial charge in [-0.3, -0.25) is 9.59 Å². The molecular formula is C15H20N2O3. The highest BCUT2D eigenvalue weighted by atomic mass is 16.3. The van der Waals surface area contributed by atoms with Crippen LogP contribution >= 0.6 is 0 Å². The number of anilines is 1. The number of piperidine rings is 1. The summed E-state index contributed by atoms with van der Waals surface area (Å²) >= 11 is 0. The van der Waals surface area contributed by atoms with Gasteiger partial charge in [-0.15, -0.1) is 0 Å². The van der Waals surface area contributed by atoms with Crippen molar-refractivity contribution in [1.82, 2.24) is 4.90 Å². The number of nitrogens with zero attached hydrogens (tertiary/aromatic N) is 1. The molecule has 2 unspecified atom stereocenters. The summed E-state index contributed by atoms with van der Waals surface area (Å²) in [5.41, 5.74) is 1.54. The molecule has 0 spiro atoms. The van der Waals surface area contributed by atoms with Crippen LogP contribution in [-0.4, -0.2) is 41.0 Å². The Morgan fingerprint density at radius 2 is 2.05 bits per heavy atom. The number of likely N-dealkylation sites (tertiary alicyclic amines) is 1. The Labute approximate surface area is 118 Å². The molecule has 5 heteroatoms. The van der Waals surface area contributed by atoms with Gasteiger partial charge in [0.15, 0.2) is 0 Å². The van der Waals surface area contributed by atoms with Crippen molar-refractivity contribution in [2.75, 3.05) is 18.4 Å². The molecule has 1 fully saturated rings. The van der Waals surface area contributed by atoms with E-state index < -0.39 is 17.9 Å². The van der Waals surface area contributed by atoms with Gasteiger partial charge in [0.1, 0.15) is 0 Å². The average molecular weight is 276 g/mol. The van der Waals surface area contributed by atoms with Crippen LogP contribution in [0.2, 0.25) is 0 Å². The van der Waals surface area contributed by atoms with Crippen molar-refractivity contribution >= 4 is 17.5 Å². The molecule has 0 aliphatic carbocycles. The molecule has 1 saturated heterocycles. The lowest BCUT2D eigenvalue weighted by atomic mass is 9.96. The van der Waals surface area contributed by atoms with E-state index in [2.05, 4.69) is 5.32 Å². The first-order chi connectivity index (χ1) is 9.49. The van der Waals surface area contributed by atoms with Crippen LogP contribution in [0.1, 0.15) is 18.9 Å². The first-order valence-corrected chi connectivity index (χ1v) is 6.83. The van der Waals surface area contributed by atoms with Gasteiger partial charge >= 0.3 is 11.8 Å². The monoisotopic (exact) mass is 276 g/mol. The summed E-state index contributed by atoms with van der Waals surface area (Å²) in [4.78, 5) is 25.5. The minimum atomic E-state index is -0.652. The molecule has 5 nitrogen and oxygen atoms in total. The number of β-amino-alcohol motifs (C(OH)–C–C–N with tert-alkyl or cyclic N) is 1. The summed E-state index contributed by atoms with van der Waals surface area (Å²) in [6.07, 6.45) is 0.156. The second-order valence-electron chi connectivity index (χ2n) is 5.35. The standard InChI is InChI=1S/C15H20N2O3/c1-10-5-3-4-6-12(10)16-14(19)15(20)17-8-7-11(2)13(18)9-17/h3-6,11,13,18H,7-9H2,1-2H3,(H,16,19). The largest absolute Gasteiger partial charge is 0.391 e. The number of hydrogen-bond donors (Lipinski definition) is 2. The Morgan fingerprint density at radius 3 is 2.70 bits per heavy atom. The number of nitrogens with one attached hydrogen (secondary N) is 1. The predicted octanol–water partition coefficient (Wildman–Crippen LogP) is 1.16. The molecule has 0 radical (unpaired) electrons. The lowest BCUT2D eigenvalue weighted by molar-refractivity contribution is -0.146. The van der Waals surface area contributed by atoms with E-state index in [9.17, 15) is 14.7 Å². The number of aryl methyl sites for hydroxylation is 1. The van der Waals surface area contributed by atoms with Crippen molar-refractivity contribution in [3.8, 4) is 0 Å². The number of rotatable bonds is 1. The number of para-hydroxylation sites is 1. The number of hydrogen-bond acceptors (Lipinski definition) is 3. The summed E-state index contributed by atoms with van der Waals surface area (Å²) in [5, 5.41) is 12.4. The maximum absolute atomic E-state index is 12.1. The predicted molar refractivity (Wildman–Crippen MR) is 76.2 cm³/mol. The summed E-state index contributed by atoms with van der Waals surface area (Å²) in [6.45, 7) is 4.55. The Kier molecular flexibility index (Phi) is 4.39. The van der Waals surface area contributed by atoms with Crippen molar-refractivity contribution in [2.24, 2.45) is 5.92 Å². The minimum Gasteiger partial charge on any atom is -0.391 e. The molecule has 20 heavy (non-hydrogen) atoms. The van der Waals surface area contributed by atoms with E-state index in [-0.39, 0.29) is 12.5 Å². The minimum absolute atomic E-state index is 0.165. The zero-order chi connectivity index (χ0) is 14.7. The van der Waals surface area contributed by atoms with E-state index in [0.29, 0.717) is 18.7 Å². The van der Waals surface area contributed by atoms with Crippen molar-refractivity contribution in [1.29, 1.82) is 0 Å². The third-order valence-corrected chi connectivity index (χ3v) is 3.79. The van der Waals surface area contributed by atoms with Crippen molar-refractivity contribution in [2.45, 2.75) is 26.4 Å². The normalized spacial score (nSPS) is 22.4. The van der Waals surface area contributed by atoms with Gasteiger partial charge in [0.05, 0.1) is 6.10 Å². The van der Waals surface area contributed by atoms with E-state index in [4.69, 9.17) is 0 Å². The highest BCUT2D eigenvalue weighted by Crippen LogP contribution is 2.18. The molecule has 2 rings (SSSR count). The van der Waals surface area contributed by atoms with Crippen LogP contribution < -0.4 is 5.32 Å². The van der Waals surface area contributed by atoms with E-state index in [1.54, 1.807) is 12.1 Å². The van der Waals surface area contributed by atoms with Crippen molar-refractivity contribution in [3.63, 3.8) is 0 Å². The molecule has 108 valence electrons. The quantitative estimate of drug-likeness (QED) is 0.756. The van der Waals surface area contributed by atoms with E-state index in [1.165, 1.54) is 4.90 Å². The molecule has 1 aliphatic heterocycles. The third-order valence-electron chi connectivity index (χ3n) is 3.79. The highest BCUT2D eigenvalue weighted by molar-refractivity contribution is 6.39. The number of carbonyl (C=O) groups is 2. The molecule has 2 amide bonds. The number of benzene rings is 1. The molecule has 1 aromatic carbocycles. The molecule has 0 aromatic heterocycles. The Hall–Kier alpha value is -1.88. The number of amides is 2. The Morgan fingerprint density at radius 1 is 1.35 bits per heavy atom. The van der Waals surface area contributed by atoms with Crippen LogP contribution in [0, 0.1) is 12.8 Å². The molecule has 1 heterocycles. The van der Waals surface area contributed by atoms with Crippen LogP contribution in [0.5, 0.6) is 0 Å². The molecular weight excluding hydrogens is 256 g/mol. The topological polar surface area (TPSA) is 69.6 Å². The maximum atomic E-state index is 12.1. The van der Waals surface area contributed by atoms with Gasteiger partial charge in [0, 0.05) is 18.8 Å². The first-order valence-electron chi connectivity index (χ1n) is 6.83. The van der Waals surface area contributed by atoms with Crippen LogP contribution in [0.25, 0.3) is 0 Å². The Balaban J connectivity index is 1.99. The molecule has 0 saturated carbocycles. The van der Waals surface area contributed by atoms with Gasteiger partial charge in [-0.1, -0.05) is 25.1 Å². The maximum Gasteiger partial charge on any atom is 0.313 e. The van der Waals surface area contributed by atoms with Crippen molar-refractivity contribution < 1.29 is 14.7 Å². The van der Waals surface area contributed by atoms with Gasteiger partial charge in [-0.2, -0.15) is 0 Å². The second kappa shape index (κ2) is 6.05. The number of carbonyl (C=O) groups excluding carboxylic acids is 2. The van der Waals surface area contributed by atoms with E-state index >= 15 is 0 Å². The first kappa shape index (κ1) is 14.5. The van der Waals surface area contributed by atoms with Gasteiger partial charge in [0.25, 0.3) is 0 Å². The zero-order valence-electron chi connectivity index (χ0n) is 11.8. The van der Waals surface area contributed by atoms with E-state index in [0.717, 1.165) is 5.56 Å². The summed E-state index contributed by atoms with van der Waals surface area (Å²) in [5.74, 6) is -1.07. The van der Waals surface area contributed by atoms with E-state index in [1.807, 2.05) is 26.0 Å². The fourth-order valence-corrected chi connectivity index (χ4v) is 2.27. The Bertz CT molecular complexity index is 516.